The minimum atomic E-state index is -0.871. The molecule has 5 nitrogen and oxygen atoms in total. The molecule has 27 heavy (non-hydrogen) atoms. The minimum Gasteiger partial charge on any atom is -0.492 e. The van der Waals surface area contributed by atoms with Crippen molar-refractivity contribution in [3.8, 4) is 5.88 Å². The van der Waals surface area contributed by atoms with Crippen molar-refractivity contribution in [1.82, 2.24) is 14.6 Å². The predicted molar refractivity (Wildman–Crippen MR) is 99.1 cm³/mol. The van der Waals surface area contributed by atoms with Gasteiger partial charge >= 0.3 is 0 Å². The van der Waals surface area contributed by atoms with Gasteiger partial charge in [-0.25, -0.2) is 13.8 Å². The largest absolute Gasteiger partial charge is 0.492 e. The van der Waals surface area contributed by atoms with E-state index in [0.717, 1.165) is 25.6 Å². The molecule has 1 fully saturated rings. The van der Waals surface area contributed by atoms with Crippen LogP contribution in [0.4, 0.5) is 8.78 Å². The number of nitrogens with zero attached hydrogens (tertiary/aromatic N) is 3. The highest BCUT2D eigenvalue weighted by Crippen LogP contribution is 2.36. The molecule has 0 bridgehead atoms. The second-order valence-electron chi connectivity index (χ2n) is 7.76. The van der Waals surface area contributed by atoms with Crippen LogP contribution in [-0.2, 0) is 0 Å². The molecule has 1 saturated heterocycles. The number of benzene rings is 1. The van der Waals surface area contributed by atoms with Gasteiger partial charge in [-0.15, -0.1) is 5.10 Å². The first kappa shape index (κ1) is 18.3. The van der Waals surface area contributed by atoms with Crippen LogP contribution in [0.3, 0.4) is 0 Å². The minimum absolute atomic E-state index is 0.0312. The summed E-state index contributed by atoms with van der Waals surface area (Å²) in [6.07, 6.45) is 1.15. The number of likely N-dealkylation sites (tertiary alicyclic amines) is 1. The van der Waals surface area contributed by atoms with E-state index in [1.807, 2.05) is 0 Å². The fourth-order valence-corrected chi connectivity index (χ4v) is 5.55. The van der Waals surface area contributed by atoms with E-state index in [1.54, 1.807) is 13.0 Å². The summed E-state index contributed by atoms with van der Waals surface area (Å²) in [4.78, 5) is 6.87. The van der Waals surface area contributed by atoms with Gasteiger partial charge in [0.05, 0.1) is 13.1 Å². The normalized spacial score (nSPS) is 24.4. The van der Waals surface area contributed by atoms with E-state index in [2.05, 4.69) is 23.9 Å². The summed E-state index contributed by atoms with van der Waals surface area (Å²) in [5.41, 5.74) is 0.654. The molecule has 1 unspecified atom stereocenters. The number of hydrogen-bond acceptors (Lipinski definition) is 4. The van der Waals surface area contributed by atoms with Crippen molar-refractivity contribution in [2.45, 2.75) is 33.2 Å². The molecule has 144 valence electrons. The van der Waals surface area contributed by atoms with Crippen LogP contribution in [-0.4, -0.2) is 32.8 Å². The first-order valence-electron chi connectivity index (χ1n) is 9.18. The standard InChI is InChI=1S/C19H22F2N4OS/c1-10-6-11(2)9-24(8-10)16(13-4-5-14(20)15(21)7-13)17-18(26)25-19(27-17)22-12(3)23-25/h4-5,7,10-11,16,26H,6,8-9H2,1-3H3/p+1/t10-,11+,16-/m1/s1. The van der Waals surface area contributed by atoms with Crippen molar-refractivity contribution in [1.29, 1.82) is 0 Å². The van der Waals surface area contributed by atoms with Gasteiger partial charge in [0.15, 0.2) is 17.7 Å². The van der Waals surface area contributed by atoms with Crippen molar-refractivity contribution in [2.75, 3.05) is 13.1 Å². The number of fused-ring (bicyclic) bond motifs is 1. The number of halogens is 2. The first-order chi connectivity index (χ1) is 12.8. The number of aryl methyl sites for hydroxylation is 1. The third-order valence-electron chi connectivity index (χ3n) is 5.28. The molecule has 1 aliphatic heterocycles. The Morgan fingerprint density at radius 2 is 1.93 bits per heavy atom. The first-order valence-corrected chi connectivity index (χ1v) is 9.99. The molecule has 2 aromatic heterocycles. The summed E-state index contributed by atoms with van der Waals surface area (Å²) in [5.74, 6) is -0.0878. The molecule has 0 amide bonds. The number of quaternary nitrogens is 1. The van der Waals surface area contributed by atoms with Gasteiger partial charge in [-0.2, -0.15) is 4.52 Å². The highest BCUT2D eigenvalue weighted by molar-refractivity contribution is 7.17. The van der Waals surface area contributed by atoms with Gasteiger partial charge in [-0.1, -0.05) is 25.2 Å². The molecule has 0 spiro atoms. The molecule has 4 rings (SSSR count). The average molecular weight is 393 g/mol. The lowest BCUT2D eigenvalue weighted by atomic mass is 9.89. The van der Waals surface area contributed by atoms with Crippen molar-refractivity contribution < 1.29 is 18.8 Å². The number of aromatic hydroxyl groups is 1. The van der Waals surface area contributed by atoms with E-state index < -0.39 is 11.6 Å². The van der Waals surface area contributed by atoms with Crippen molar-refractivity contribution in [3.05, 3.63) is 46.1 Å². The van der Waals surface area contributed by atoms with Crippen molar-refractivity contribution in [2.24, 2.45) is 11.8 Å². The lowest BCUT2D eigenvalue weighted by molar-refractivity contribution is -0.936. The predicted octanol–water partition coefficient (Wildman–Crippen LogP) is 2.73. The second-order valence-corrected chi connectivity index (χ2v) is 8.77. The molecular formula is C19H23F2N4OS+. The number of aromatic nitrogens is 3. The Bertz CT molecular complexity index is 976. The Balaban J connectivity index is 1.85. The van der Waals surface area contributed by atoms with E-state index in [9.17, 15) is 13.9 Å². The Morgan fingerprint density at radius 1 is 1.22 bits per heavy atom. The van der Waals surface area contributed by atoms with Gasteiger partial charge in [-0.3, -0.25) is 0 Å². The quantitative estimate of drug-likeness (QED) is 0.720. The highest BCUT2D eigenvalue weighted by Gasteiger charge is 2.37. The van der Waals surface area contributed by atoms with Crippen LogP contribution in [0.15, 0.2) is 18.2 Å². The Hall–Kier alpha value is -2.06. The summed E-state index contributed by atoms with van der Waals surface area (Å²) < 4.78 is 28.9. The fraction of sp³-hybridized carbons (Fsp3) is 0.474. The maximum atomic E-state index is 14.0. The van der Waals surface area contributed by atoms with Gasteiger partial charge in [0.1, 0.15) is 10.7 Å². The Kier molecular flexibility index (Phi) is 4.63. The van der Waals surface area contributed by atoms with Gasteiger partial charge in [0.2, 0.25) is 10.8 Å². The van der Waals surface area contributed by atoms with E-state index in [0.29, 0.717) is 33.1 Å². The smallest absolute Gasteiger partial charge is 0.235 e. The molecule has 4 atom stereocenters. The van der Waals surface area contributed by atoms with Crippen molar-refractivity contribution >= 4 is 16.3 Å². The van der Waals surface area contributed by atoms with Gasteiger partial charge in [0, 0.05) is 17.4 Å². The number of thiazole rings is 1. The molecule has 8 heteroatoms. The summed E-state index contributed by atoms with van der Waals surface area (Å²) in [5, 5.41) is 15.0. The molecule has 0 radical (unpaired) electrons. The van der Waals surface area contributed by atoms with Crippen LogP contribution in [0.5, 0.6) is 5.88 Å². The number of hydrogen-bond donors (Lipinski definition) is 2. The summed E-state index contributed by atoms with van der Waals surface area (Å²) in [6.45, 7) is 8.00. The number of piperidine rings is 1. The summed E-state index contributed by atoms with van der Waals surface area (Å²) in [6, 6.07) is 3.73. The molecule has 3 heterocycles. The molecule has 1 aliphatic rings. The summed E-state index contributed by atoms with van der Waals surface area (Å²) in [7, 11) is 0. The van der Waals surface area contributed by atoms with Gasteiger partial charge < -0.3 is 10.0 Å². The number of rotatable bonds is 3. The fourth-order valence-electron chi connectivity index (χ4n) is 4.37. The van der Waals surface area contributed by atoms with Crippen LogP contribution >= 0.6 is 11.3 Å². The molecular weight excluding hydrogens is 370 g/mol. The molecule has 1 aromatic carbocycles. The summed E-state index contributed by atoms with van der Waals surface area (Å²) >= 11 is 1.36. The van der Waals surface area contributed by atoms with Crippen LogP contribution < -0.4 is 4.90 Å². The third kappa shape index (κ3) is 3.32. The van der Waals surface area contributed by atoms with Gasteiger partial charge in [-0.05, 0) is 31.5 Å². The van der Waals surface area contributed by atoms with E-state index in [-0.39, 0.29) is 11.9 Å². The van der Waals surface area contributed by atoms with Crippen LogP contribution in [0.2, 0.25) is 0 Å². The SMILES string of the molecule is Cc1nc2sc([C@@H](c3ccc(F)c(F)c3)[NH+]3C[C@H](C)C[C@H](C)C3)c(O)n2n1. The maximum absolute atomic E-state index is 14.0. The lowest BCUT2D eigenvalue weighted by Gasteiger charge is -2.37. The Morgan fingerprint density at radius 3 is 2.56 bits per heavy atom. The van der Waals surface area contributed by atoms with Crippen LogP contribution in [0.1, 0.15) is 42.6 Å². The molecule has 3 aromatic rings. The monoisotopic (exact) mass is 393 g/mol. The van der Waals surface area contributed by atoms with Crippen LogP contribution in [0.25, 0.3) is 4.96 Å². The molecule has 0 saturated carbocycles. The zero-order valence-corrected chi connectivity index (χ0v) is 16.4. The highest BCUT2D eigenvalue weighted by atomic mass is 32.1. The zero-order chi connectivity index (χ0) is 19.3. The molecule has 0 aliphatic carbocycles. The van der Waals surface area contributed by atoms with E-state index >= 15 is 0 Å². The Labute approximate surface area is 160 Å². The van der Waals surface area contributed by atoms with E-state index in [1.165, 1.54) is 26.8 Å². The lowest BCUT2D eigenvalue weighted by Crippen LogP contribution is -3.14. The third-order valence-corrected chi connectivity index (χ3v) is 6.36. The van der Waals surface area contributed by atoms with Crippen LogP contribution in [0, 0.1) is 30.4 Å². The maximum Gasteiger partial charge on any atom is 0.235 e. The number of nitrogens with one attached hydrogen (secondary N) is 1. The second kappa shape index (κ2) is 6.83. The topological polar surface area (TPSA) is 54.9 Å². The van der Waals surface area contributed by atoms with Crippen molar-refractivity contribution in [3.63, 3.8) is 0 Å². The zero-order valence-electron chi connectivity index (χ0n) is 15.5. The van der Waals surface area contributed by atoms with E-state index in [4.69, 9.17) is 0 Å². The average Bonchev–Trinajstić information content (AvgIpc) is 3.08. The molecule has 2 N–H and O–H groups in total. The van der Waals surface area contributed by atoms with Gasteiger partial charge in [0.25, 0.3) is 0 Å².